The molecule has 2 aliphatic carbocycles. The third-order valence-electron chi connectivity index (χ3n) is 7.67. The summed E-state index contributed by atoms with van der Waals surface area (Å²) < 4.78 is 1.49. The molecule has 1 aliphatic heterocycles. The second-order valence-electron chi connectivity index (χ2n) is 10.7. The van der Waals surface area contributed by atoms with Crippen molar-refractivity contribution in [2.75, 3.05) is 6.54 Å². The summed E-state index contributed by atoms with van der Waals surface area (Å²) in [6.07, 6.45) is 9.33. The first-order valence-electron chi connectivity index (χ1n) is 11.7. The normalized spacial score (nSPS) is 28.5. The van der Waals surface area contributed by atoms with Gasteiger partial charge < -0.3 is 10.6 Å². The number of carbonyl (C=O) groups is 3. The van der Waals surface area contributed by atoms with E-state index in [1.807, 2.05) is 0 Å². The molecule has 2 saturated carbocycles. The number of carbonyl (C=O) groups excluding carboxylic acids is 3. The maximum absolute atomic E-state index is 13.3. The fourth-order valence-electron chi connectivity index (χ4n) is 6.11. The molecule has 32 heavy (non-hydrogen) atoms. The maximum atomic E-state index is 13.3. The summed E-state index contributed by atoms with van der Waals surface area (Å²) in [7, 11) is 0. The summed E-state index contributed by atoms with van der Waals surface area (Å²) in [5.74, 6) is 0.603. The van der Waals surface area contributed by atoms with E-state index in [1.54, 1.807) is 23.4 Å². The average Bonchev–Trinajstić information content (AvgIpc) is 3.23. The molecule has 3 fully saturated rings. The Morgan fingerprint density at radius 2 is 2.09 bits per heavy atom. The zero-order valence-corrected chi connectivity index (χ0v) is 18.8. The van der Waals surface area contributed by atoms with Gasteiger partial charge in [-0.05, 0) is 54.9 Å². The average molecular weight is 438 g/mol. The first kappa shape index (κ1) is 21.1. The molecule has 3 aliphatic rings. The highest BCUT2D eigenvalue weighted by molar-refractivity contribution is 6.04. The molecule has 170 valence electrons. The van der Waals surface area contributed by atoms with Crippen LogP contribution in [0.2, 0.25) is 0 Å². The van der Waals surface area contributed by atoms with Gasteiger partial charge in [0.15, 0.2) is 11.5 Å². The number of hydrogen-bond acceptors (Lipinski definition) is 5. The van der Waals surface area contributed by atoms with Gasteiger partial charge in [-0.25, -0.2) is 0 Å². The van der Waals surface area contributed by atoms with Crippen molar-refractivity contribution in [1.82, 2.24) is 19.7 Å². The lowest BCUT2D eigenvalue weighted by Crippen LogP contribution is -2.45. The molecule has 0 aromatic carbocycles. The van der Waals surface area contributed by atoms with Crippen LogP contribution in [0, 0.1) is 23.2 Å². The van der Waals surface area contributed by atoms with Crippen molar-refractivity contribution in [3.05, 3.63) is 24.2 Å². The van der Waals surface area contributed by atoms with Gasteiger partial charge in [0.05, 0.1) is 17.8 Å². The molecule has 8 nitrogen and oxygen atoms in total. The van der Waals surface area contributed by atoms with E-state index in [2.05, 4.69) is 23.9 Å². The second kappa shape index (κ2) is 7.67. The Morgan fingerprint density at radius 1 is 1.28 bits per heavy atom. The summed E-state index contributed by atoms with van der Waals surface area (Å²) in [6, 6.07) is 1.36. The van der Waals surface area contributed by atoms with Crippen LogP contribution in [0.15, 0.2) is 18.5 Å². The largest absolute Gasteiger partial charge is 0.364 e. The smallest absolute Gasteiger partial charge is 0.269 e. The molecular weight excluding hydrogens is 406 g/mol. The fraction of sp³-hybridized carbons (Fsp3) is 0.625. The molecule has 2 aromatic rings. The zero-order chi connectivity index (χ0) is 22.6. The van der Waals surface area contributed by atoms with E-state index in [0.29, 0.717) is 47.0 Å². The quantitative estimate of drug-likeness (QED) is 0.747. The van der Waals surface area contributed by atoms with Crippen molar-refractivity contribution in [3.63, 3.8) is 0 Å². The summed E-state index contributed by atoms with van der Waals surface area (Å²) in [6.45, 7) is 5.18. The lowest BCUT2D eigenvalue weighted by atomic mass is 9.70. The van der Waals surface area contributed by atoms with Crippen LogP contribution in [0.3, 0.4) is 0 Å². The number of primary amides is 1. The predicted octanol–water partition coefficient (Wildman–Crippen LogP) is 2.55. The Labute approximate surface area is 187 Å². The number of amides is 2. The molecular formula is C24H31N5O3. The Balaban J connectivity index is 1.32. The zero-order valence-electron chi connectivity index (χ0n) is 18.8. The van der Waals surface area contributed by atoms with Crippen LogP contribution in [0.25, 0.3) is 10.9 Å². The van der Waals surface area contributed by atoms with Gasteiger partial charge in [-0.15, -0.1) is 0 Å². The number of aromatic nitrogens is 3. The fourth-order valence-corrected chi connectivity index (χ4v) is 6.11. The molecule has 1 saturated heterocycles. The van der Waals surface area contributed by atoms with Crippen molar-refractivity contribution in [2.45, 2.75) is 65.0 Å². The molecule has 2 aromatic heterocycles. The number of likely N-dealkylation sites (tertiary alicyclic amines) is 1. The number of pyridine rings is 1. The van der Waals surface area contributed by atoms with E-state index in [4.69, 9.17) is 5.73 Å². The van der Waals surface area contributed by atoms with Crippen LogP contribution >= 0.6 is 0 Å². The monoisotopic (exact) mass is 437 g/mol. The molecule has 0 radical (unpaired) electrons. The third kappa shape index (κ3) is 3.80. The molecule has 2 N–H and O–H groups in total. The van der Waals surface area contributed by atoms with E-state index >= 15 is 0 Å². The Morgan fingerprint density at radius 3 is 2.84 bits per heavy atom. The molecule has 2 amide bonds. The van der Waals surface area contributed by atoms with E-state index in [9.17, 15) is 14.4 Å². The lowest BCUT2D eigenvalue weighted by Gasteiger charge is -2.36. The molecule has 4 atom stereocenters. The third-order valence-corrected chi connectivity index (χ3v) is 7.67. The van der Waals surface area contributed by atoms with Crippen molar-refractivity contribution in [1.29, 1.82) is 0 Å². The minimum Gasteiger partial charge on any atom is -0.364 e. The van der Waals surface area contributed by atoms with Gasteiger partial charge in [-0.3, -0.25) is 24.0 Å². The van der Waals surface area contributed by atoms with E-state index < -0.39 is 5.91 Å². The SMILES string of the molecule is CC1(C)CCC[C@@H](CC(=O)[C@@H]2[C@@H]3C[C@@H]3CN2C(=O)Cn2nc(C(N)=O)c3ccncc32)C1. The number of fused-ring (bicyclic) bond motifs is 2. The molecule has 3 heterocycles. The first-order chi connectivity index (χ1) is 15.2. The number of nitrogens with two attached hydrogens (primary N) is 1. The second-order valence-corrected chi connectivity index (χ2v) is 10.7. The van der Waals surface area contributed by atoms with Crippen molar-refractivity contribution >= 4 is 28.5 Å². The van der Waals surface area contributed by atoms with Gasteiger partial charge in [-0.1, -0.05) is 20.3 Å². The maximum Gasteiger partial charge on any atom is 0.269 e. The van der Waals surface area contributed by atoms with Gasteiger partial charge in [-0.2, -0.15) is 5.10 Å². The highest BCUT2D eigenvalue weighted by Gasteiger charge is 2.56. The van der Waals surface area contributed by atoms with Crippen LogP contribution in [-0.4, -0.2) is 49.8 Å². The number of ketones is 1. The van der Waals surface area contributed by atoms with Gasteiger partial charge in [0.25, 0.3) is 5.91 Å². The van der Waals surface area contributed by atoms with Crippen molar-refractivity contribution in [2.24, 2.45) is 28.9 Å². The summed E-state index contributed by atoms with van der Waals surface area (Å²) >= 11 is 0. The topological polar surface area (TPSA) is 111 Å². The highest BCUT2D eigenvalue weighted by atomic mass is 16.2. The minimum atomic E-state index is -0.640. The summed E-state index contributed by atoms with van der Waals surface area (Å²) in [5.41, 5.74) is 6.48. The number of hydrogen-bond donors (Lipinski definition) is 1. The van der Waals surface area contributed by atoms with Crippen LogP contribution in [0.5, 0.6) is 0 Å². The van der Waals surface area contributed by atoms with Gasteiger partial charge >= 0.3 is 0 Å². The Bertz CT molecular complexity index is 1090. The van der Waals surface area contributed by atoms with Crippen LogP contribution in [0.1, 0.15) is 62.9 Å². The number of nitrogens with zero attached hydrogens (tertiary/aromatic N) is 4. The lowest BCUT2D eigenvalue weighted by molar-refractivity contribution is -0.139. The summed E-state index contributed by atoms with van der Waals surface area (Å²) in [5, 5.41) is 4.86. The number of Topliss-reactive ketones (excluding diaryl/α,β-unsaturated/α-hetero) is 1. The molecule has 0 bridgehead atoms. The van der Waals surface area contributed by atoms with Crippen molar-refractivity contribution in [3.8, 4) is 0 Å². The van der Waals surface area contributed by atoms with Gasteiger partial charge in [0, 0.05) is 24.5 Å². The Kier molecular flexibility index (Phi) is 5.06. The van der Waals surface area contributed by atoms with E-state index in [1.165, 1.54) is 17.5 Å². The van der Waals surface area contributed by atoms with Crippen molar-refractivity contribution < 1.29 is 14.4 Å². The van der Waals surface area contributed by atoms with Gasteiger partial charge in [0.1, 0.15) is 6.54 Å². The standard InChI is InChI=1S/C24H31N5O3/c1-24(2)6-3-4-14(10-24)8-19(30)22-17-9-15(17)12-28(22)20(31)13-29-18-11-26-7-5-16(18)21(27-29)23(25)32/h5,7,11,14-15,17,22H,3-4,6,8-10,12-13H2,1-2H3,(H2,25,32)/t14-,15+,17+,22-/m0/s1. The van der Waals surface area contributed by atoms with Crippen LogP contribution in [0.4, 0.5) is 0 Å². The predicted molar refractivity (Wildman–Crippen MR) is 119 cm³/mol. The molecule has 0 unspecified atom stereocenters. The minimum absolute atomic E-state index is 0.0326. The van der Waals surface area contributed by atoms with Gasteiger partial charge in [0.2, 0.25) is 5.91 Å². The molecule has 0 spiro atoms. The Hall–Kier alpha value is -2.77. The van der Waals surface area contributed by atoms with Crippen LogP contribution < -0.4 is 5.73 Å². The molecule has 8 heteroatoms. The van der Waals surface area contributed by atoms with E-state index in [-0.39, 0.29) is 30.0 Å². The van der Waals surface area contributed by atoms with E-state index in [0.717, 1.165) is 19.3 Å². The molecule has 5 rings (SSSR count). The number of piperidine rings is 1. The van der Waals surface area contributed by atoms with Crippen LogP contribution in [-0.2, 0) is 16.1 Å². The number of rotatable bonds is 6. The first-order valence-corrected chi connectivity index (χ1v) is 11.7. The highest BCUT2D eigenvalue weighted by Crippen LogP contribution is 2.51. The summed E-state index contributed by atoms with van der Waals surface area (Å²) in [4.78, 5) is 44.3.